The summed E-state index contributed by atoms with van der Waals surface area (Å²) >= 11 is 5.94. The number of carbonyl (C=O) groups excluding carboxylic acids is 1. The maximum Gasteiger partial charge on any atom is 0.252 e. The van der Waals surface area contributed by atoms with Crippen LogP contribution in [0.25, 0.3) is 0 Å². The van der Waals surface area contributed by atoms with Gasteiger partial charge in [0.05, 0.1) is 5.56 Å². The third kappa shape index (κ3) is 5.91. The van der Waals surface area contributed by atoms with Gasteiger partial charge in [0.2, 0.25) is 0 Å². The van der Waals surface area contributed by atoms with E-state index in [1.807, 2.05) is 30.3 Å². The summed E-state index contributed by atoms with van der Waals surface area (Å²) in [6.45, 7) is 3.61. The number of benzene rings is 1. The number of unbranched alkanes of at least 4 members (excludes halogenated alkanes) is 1. The van der Waals surface area contributed by atoms with E-state index in [0.29, 0.717) is 17.1 Å². The molecule has 122 valence electrons. The topological polar surface area (TPSA) is 54.0 Å². The second kappa shape index (κ2) is 9.16. The number of amides is 1. The first-order valence-electron chi connectivity index (χ1n) is 7.91. The molecular formula is C18H22ClN3O. The average Bonchev–Trinajstić information content (AvgIpc) is 2.56. The normalized spacial score (nSPS) is 10.3. The lowest BCUT2D eigenvalue weighted by molar-refractivity contribution is 0.0954. The zero-order chi connectivity index (χ0) is 16.5. The maximum atomic E-state index is 12.1. The molecule has 0 fully saturated rings. The van der Waals surface area contributed by atoms with Crippen molar-refractivity contribution in [1.82, 2.24) is 10.3 Å². The molecule has 1 aromatic heterocycles. The number of hydrogen-bond donors (Lipinski definition) is 2. The van der Waals surface area contributed by atoms with Crippen LogP contribution >= 0.6 is 11.6 Å². The molecule has 5 heteroatoms. The van der Waals surface area contributed by atoms with Gasteiger partial charge in [-0.3, -0.25) is 4.79 Å². The fraction of sp³-hybridized carbons (Fsp3) is 0.333. The second-order valence-electron chi connectivity index (χ2n) is 5.35. The van der Waals surface area contributed by atoms with Crippen molar-refractivity contribution < 1.29 is 4.79 Å². The highest BCUT2D eigenvalue weighted by atomic mass is 35.5. The summed E-state index contributed by atoms with van der Waals surface area (Å²) in [4.78, 5) is 16.3. The van der Waals surface area contributed by atoms with Gasteiger partial charge < -0.3 is 10.6 Å². The Kier molecular flexibility index (Phi) is 6.88. The van der Waals surface area contributed by atoms with Crippen LogP contribution in [0.5, 0.6) is 0 Å². The van der Waals surface area contributed by atoms with Gasteiger partial charge in [0.15, 0.2) is 0 Å². The first kappa shape index (κ1) is 17.3. The van der Waals surface area contributed by atoms with Gasteiger partial charge in [0.1, 0.15) is 5.82 Å². The van der Waals surface area contributed by atoms with E-state index in [4.69, 9.17) is 11.6 Å². The van der Waals surface area contributed by atoms with Crippen LogP contribution in [-0.2, 0) is 6.42 Å². The number of nitrogens with zero attached hydrogens (tertiary/aromatic N) is 1. The molecule has 0 aliphatic rings. The van der Waals surface area contributed by atoms with Crippen molar-refractivity contribution >= 4 is 23.3 Å². The minimum atomic E-state index is -0.111. The standard InChI is InChI=1S/C18H22ClN3O/c1-2-3-10-20-17-8-7-15(13-22-17)18(23)21-11-9-14-5-4-6-16(19)12-14/h4-8,12-13H,2-3,9-11H2,1H3,(H,20,22)(H,21,23). The van der Waals surface area contributed by atoms with Crippen molar-refractivity contribution in [2.45, 2.75) is 26.2 Å². The zero-order valence-corrected chi connectivity index (χ0v) is 14.1. The van der Waals surface area contributed by atoms with Gasteiger partial charge in [-0.25, -0.2) is 4.98 Å². The number of halogens is 1. The molecule has 0 radical (unpaired) electrons. The van der Waals surface area contributed by atoms with Crippen LogP contribution in [0.1, 0.15) is 35.7 Å². The summed E-state index contributed by atoms with van der Waals surface area (Å²) in [6.07, 6.45) is 4.59. The molecule has 0 atom stereocenters. The van der Waals surface area contributed by atoms with Crippen LogP contribution in [0.3, 0.4) is 0 Å². The largest absolute Gasteiger partial charge is 0.370 e. The summed E-state index contributed by atoms with van der Waals surface area (Å²) in [5, 5.41) is 6.83. The van der Waals surface area contributed by atoms with E-state index in [2.05, 4.69) is 22.5 Å². The van der Waals surface area contributed by atoms with Crippen molar-refractivity contribution in [1.29, 1.82) is 0 Å². The van der Waals surface area contributed by atoms with Crippen LogP contribution < -0.4 is 10.6 Å². The van der Waals surface area contributed by atoms with Crippen molar-refractivity contribution in [3.8, 4) is 0 Å². The van der Waals surface area contributed by atoms with E-state index in [1.54, 1.807) is 12.3 Å². The molecule has 1 aromatic carbocycles. The maximum absolute atomic E-state index is 12.1. The van der Waals surface area contributed by atoms with E-state index in [1.165, 1.54) is 0 Å². The van der Waals surface area contributed by atoms with Gasteiger partial charge in [-0.05, 0) is 42.7 Å². The summed E-state index contributed by atoms with van der Waals surface area (Å²) in [6, 6.07) is 11.3. The summed E-state index contributed by atoms with van der Waals surface area (Å²) < 4.78 is 0. The quantitative estimate of drug-likeness (QED) is 0.721. The van der Waals surface area contributed by atoms with Crippen molar-refractivity contribution in [2.24, 2.45) is 0 Å². The molecule has 0 saturated carbocycles. The number of pyridine rings is 1. The van der Waals surface area contributed by atoms with Gasteiger partial charge in [-0.1, -0.05) is 37.1 Å². The Labute approximate surface area is 142 Å². The van der Waals surface area contributed by atoms with E-state index in [-0.39, 0.29) is 5.91 Å². The molecule has 0 saturated heterocycles. The number of aromatic nitrogens is 1. The molecule has 0 spiro atoms. The van der Waals surface area contributed by atoms with Gasteiger partial charge in [0, 0.05) is 24.3 Å². The fourth-order valence-electron chi connectivity index (χ4n) is 2.14. The van der Waals surface area contributed by atoms with Crippen LogP contribution in [0.2, 0.25) is 5.02 Å². The average molecular weight is 332 g/mol. The lowest BCUT2D eigenvalue weighted by Gasteiger charge is -2.07. The van der Waals surface area contributed by atoms with Gasteiger partial charge in [-0.2, -0.15) is 0 Å². The van der Waals surface area contributed by atoms with Crippen molar-refractivity contribution in [3.05, 3.63) is 58.7 Å². The third-order valence-corrected chi connectivity index (χ3v) is 3.69. The molecule has 2 aromatic rings. The molecule has 0 unspecified atom stereocenters. The summed E-state index contributed by atoms with van der Waals surface area (Å²) in [5.74, 6) is 0.688. The molecule has 4 nitrogen and oxygen atoms in total. The smallest absolute Gasteiger partial charge is 0.252 e. The van der Waals surface area contributed by atoms with Crippen molar-refractivity contribution in [2.75, 3.05) is 18.4 Å². The zero-order valence-electron chi connectivity index (χ0n) is 13.3. The monoisotopic (exact) mass is 331 g/mol. The lowest BCUT2D eigenvalue weighted by Crippen LogP contribution is -2.25. The minimum absolute atomic E-state index is 0.111. The first-order chi connectivity index (χ1) is 11.2. The van der Waals surface area contributed by atoms with Gasteiger partial charge in [-0.15, -0.1) is 0 Å². The molecule has 0 aliphatic heterocycles. The Morgan fingerprint density at radius 2 is 2.09 bits per heavy atom. The van der Waals surface area contributed by atoms with Crippen LogP contribution in [0.4, 0.5) is 5.82 Å². The highest BCUT2D eigenvalue weighted by Gasteiger charge is 2.05. The molecule has 0 aliphatic carbocycles. The molecule has 2 N–H and O–H groups in total. The molecule has 23 heavy (non-hydrogen) atoms. The Bertz CT molecular complexity index is 628. The van der Waals surface area contributed by atoms with Gasteiger partial charge in [0.25, 0.3) is 5.91 Å². The predicted octanol–water partition coefficient (Wildman–Crippen LogP) is 3.92. The summed E-state index contributed by atoms with van der Waals surface area (Å²) in [7, 11) is 0. The first-order valence-corrected chi connectivity index (χ1v) is 8.29. The van der Waals surface area contributed by atoms with Gasteiger partial charge >= 0.3 is 0 Å². The molecule has 0 bridgehead atoms. The number of hydrogen-bond acceptors (Lipinski definition) is 3. The van der Waals surface area contributed by atoms with Crippen LogP contribution in [0.15, 0.2) is 42.6 Å². The van der Waals surface area contributed by atoms with Crippen LogP contribution in [0, 0.1) is 0 Å². The predicted molar refractivity (Wildman–Crippen MR) is 95.1 cm³/mol. The Balaban J connectivity index is 1.79. The SMILES string of the molecule is CCCCNc1ccc(C(=O)NCCc2cccc(Cl)c2)cn1. The fourth-order valence-corrected chi connectivity index (χ4v) is 2.35. The van der Waals surface area contributed by atoms with E-state index >= 15 is 0 Å². The number of anilines is 1. The third-order valence-electron chi connectivity index (χ3n) is 3.45. The van der Waals surface area contributed by atoms with E-state index in [0.717, 1.165) is 37.2 Å². The van der Waals surface area contributed by atoms with Crippen molar-refractivity contribution in [3.63, 3.8) is 0 Å². The minimum Gasteiger partial charge on any atom is -0.370 e. The molecular weight excluding hydrogens is 310 g/mol. The van der Waals surface area contributed by atoms with E-state index < -0.39 is 0 Å². The van der Waals surface area contributed by atoms with Crippen LogP contribution in [-0.4, -0.2) is 24.0 Å². The number of carbonyl (C=O) groups is 1. The van der Waals surface area contributed by atoms with E-state index in [9.17, 15) is 4.79 Å². The second-order valence-corrected chi connectivity index (χ2v) is 5.78. The molecule has 1 heterocycles. The Morgan fingerprint density at radius 3 is 2.78 bits per heavy atom. The lowest BCUT2D eigenvalue weighted by atomic mass is 10.1. The molecule has 2 rings (SSSR count). The number of nitrogens with one attached hydrogen (secondary N) is 2. The Morgan fingerprint density at radius 1 is 1.22 bits per heavy atom. The summed E-state index contributed by atoms with van der Waals surface area (Å²) in [5.41, 5.74) is 1.67. The molecule has 1 amide bonds. The number of rotatable bonds is 8. The highest BCUT2D eigenvalue weighted by molar-refractivity contribution is 6.30. The highest BCUT2D eigenvalue weighted by Crippen LogP contribution is 2.11. The Hall–Kier alpha value is -2.07.